The maximum atomic E-state index is 5.74. The highest BCUT2D eigenvalue weighted by Gasteiger charge is 2.26. The minimum absolute atomic E-state index is 0.189. The van der Waals surface area contributed by atoms with Crippen LogP contribution in [-0.4, -0.2) is 22.8 Å². The summed E-state index contributed by atoms with van der Waals surface area (Å²) in [7, 11) is 0. The van der Waals surface area contributed by atoms with Gasteiger partial charge in [0.05, 0.1) is 6.04 Å². The maximum Gasteiger partial charge on any atom is 0.318 e. The molecule has 5 heteroatoms. The van der Waals surface area contributed by atoms with E-state index in [1.165, 1.54) is 32.1 Å². The van der Waals surface area contributed by atoms with Crippen LogP contribution in [0.2, 0.25) is 0 Å². The highest BCUT2D eigenvalue weighted by Crippen LogP contribution is 2.26. The third-order valence-electron chi connectivity index (χ3n) is 3.31. The van der Waals surface area contributed by atoms with Crippen molar-refractivity contribution in [3.63, 3.8) is 0 Å². The van der Waals surface area contributed by atoms with Crippen molar-refractivity contribution < 1.29 is 4.42 Å². The van der Waals surface area contributed by atoms with E-state index in [0.29, 0.717) is 17.9 Å². The van der Waals surface area contributed by atoms with E-state index in [0.717, 1.165) is 6.54 Å². The van der Waals surface area contributed by atoms with Crippen molar-refractivity contribution in [1.29, 1.82) is 0 Å². The van der Waals surface area contributed by atoms with Crippen LogP contribution in [0.15, 0.2) is 4.42 Å². The number of aromatic nitrogens is 2. The van der Waals surface area contributed by atoms with Gasteiger partial charge in [-0.05, 0) is 32.6 Å². The molecule has 1 fully saturated rings. The lowest BCUT2D eigenvalue weighted by Crippen LogP contribution is -2.39. The first-order valence-corrected chi connectivity index (χ1v) is 6.58. The van der Waals surface area contributed by atoms with Crippen LogP contribution in [0.4, 0.5) is 6.01 Å². The number of hydrogen-bond acceptors (Lipinski definition) is 5. The zero-order valence-corrected chi connectivity index (χ0v) is 10.7. The van der Waals surface area contributed by atoms with Crippen LogP contribution < -0.4 is 10.6 Å². The Balaban J connectivity index is 2.11. The largest absolute Gasteiger partial charge is 0.406 e. The third-order valence-corrected chi connectivity index (χ3v) is 3.31. The summed E-state index contributed by atoms with van der Waals surface area (Å²) in [4.78, 5) is 2.26. The van der Waals surface area contributed by atoms with E-state index in [1.54, 1.807) is 0 Å². The van der Waals surface area contributed by atoms with Crippen LogP contribution in [0, 0.1) is 0 Å². The van der Waals surface area contributed by atoms with Crippen LogP contribution >= 0.6 is 0 Å². The predicted molar refractivity (Wildman–Crippen MR) is 66.8 cm³/mol. The van der Waals surface area contributed by atoms with Crippen molar-refractivity contribution >= 4 is 6.01 Å². The Morgan fingerprint density at radius 3 is 2.94 bits per heavy atom. The smallest absolute Gasteiger partial charge is 0.318 e. The number of nitrogens with zero attached hydrogens (tertiary/aromatic N) is 3. The second kappa shape index (κ2) is 5.49. The fourth-order valence-electron chi connectivity index (χ4n) is 2.41. The van der Waals surface area contributed by atoms with Gasteiger partial charge in [0, 0.05) is 12.6 Å². The summed E-state index contributed by atoms with van der Waals surface area (Å²) < 4.78 is 5.64. The third kappa shape index (κ3) is 2.77. The van der Waals surface area contributed by atoms with E-state index in [2.05, 4.69) is 22.0 Å². The molecule has 0 radical (unpaired) electrons. The number of rotatable bonds is 4. The zero-order chi connectivity index (χ0) is 12.3. The molecule has 0 aromatic carbocycles. The molecule has 2 atom stereocenters. The van der Waals surface area contributed by atoms with E-state index in [9.17, 15) is 0 Å². The molecule has 96 valence electrons. The fourth-order valence-corrected chi connectivity index (χ4v) is 2.41. The molecule has 1 aromatic rings. The Bertz CT molecular complexity index is 348. The lowest BCUT2D eigenvalue weighted by molar-refractivity contribution is 0.385. The normalized spacial score (nSPS) is 22.8. The van der Waals surface area contributed by atoms with Crippen LogP contribution in [0.25, 0.3) is 0 Å². The van der Waals surface area contributed by atoms with E-state index < -0.39 is 0 Å². The molecule has 17 heavy (non-hydrogen) atoms. The van der Waals surface area contributed by atoms with Gasteiger partial charge in [-0.25, -0.2) is 0 Å². The van der Waals surface area contributed by atoms with Gasteiger partial charge in [-0.15, -0.1) is 5.10 Å². The molecular formula is C12H22N4O. The molecular weight excluding hydrogens is 216 g/mol. The number of anilines is 1. The molecule has 2 rings (SSSR count). The summed E-state index contributed by atoms with van der Waals surface area (Å²) in [6.07, 6.45) is 6.11. The predicted octanol–water partition coefficient (Wildman–Crippen LogP) is 2.25. The number of piperidine rings is 1. The Labute approximate surface area is 102 Å². The molecule has 1 aliphatic rings. The second-order valence-electron chi connectivity index (χ2n) is 4.84. The molecule has 2 N–H and O–H groups in total. The van der Waals surface area contributed by atoms with Gasteiger partial charge in [0.1, 0.15) is 0 Å². The van der Waals surface area contributed by atoms with Gasteiger partial charge in [0.2, 0.25) is 5.89 Å². The lowest BCUT2D eigenvalue weighted by Gasteiger charge is -2.34. The zero-order valence-electron chi connectivity index (χ0n) is 10.7. The van der Waals surface area contributed by atoms with E-state index >= 15 is 0 Å². The minimum atomic E-state index is -0.189. The Kier molecular flexibility index (Phi) is 3.99. The molecule has 1 saturated heterocycles. The average molecular weight is 238 g/mol. The van der Waals surface area contributed by atoms with E-state index in [-0.39, 0.29) is 6.04 Å². The molecule has 0 bridgehead atoms. The van der Waals surface area contributed by atoms with Crippen LogP contribution in [0.5, 0.6) is 0 Å². The molecule has 2 unspecified atom stereocenters. The van der Waals surface area contributed by atoms with Gasteiger partial charge in [0.25, 0.3) is 0 Å². The van der Waals surface area contributed by atoms with Crippen molar-refractivity contribution in [2.24, 2.45) is 5.73 Å². The maximum absolute atomic E-state index is 5.74. The first-order chi connectivity index (χ1) is 8.22. The van der Waals surface area contributed by atoms with Crippen LogP contribution in [-0.2, 0) is 0 Å². The summed E-state index contributed by atoms with van der Waals surface area (Å²) in [5, 5.41) is 8.12. The van der Waals surface area contributed by atoms with Gasteiger partial charge < -0.3 is 15.1 Å². The second-order valence-corrected chi connectivity index (χ2v) is 4.84. The summed E-state index contributed by atoms with van der Waals surface area (Å²) in [5.74, 6) is 0.529. The van der Waals surface area contributed by atoms with Gasteiger partial charge in [-0.2, -0.15) is 0 Å². The van der Waals surface area contributed by atoms with Gasteiger partial charge in [0.15, 0.2) is 0 Å². The fraction of sp³-hybridized carbons (Fsp3) is 0.833. The molecule has 1 aromatic heterocycles. The first kappa shape index (κ1) is 12.4. The molecule has 0 aliphatic carbocycles. The molecule has 1 aliphatic heterocycles. The summed E-state index contributed by atoms with van der Waals surface area (Å²) in [5.41, 5.74) is 5.74. The van der Waals surface area contributed by atoms with Crippen molar-refractivity contribution in [2.45, 2.75) is 58.0 Å². The molecule has 0 saturated carbocycles. The SMILES string of the molecule is CCCC1CCCCN1c1nnc(C(C)N)o1. The highest BCUT2D eigenvalue weighted by molar-refractivity contribution is 5.27. The number of nitrogens with two attached hydrogens (primary N) is 1. The molecule has 2 heterocycles. The quantitative estimate of drug-likeness (QED) is 0.871. The Morgan fingerprint density at radius 2 is 2.29 bits per heavy atom. The first-order valence-electron chi connectivity index (χ1n) is 6.58. The summed E-state index contributed by atoms with van der Waals surface area (Å²) in [6, 6.07) is 1.01. The van der Waals surface area contributed by atoms with Crippen LogP contribution in [0.1, 0.15) is 57.9 Å². The van der Waals surface area contributed by atoms with Gasteiger partial charge in [-0.3, -0.25) is 0 Å². The molecule has 0 amide bonds. The van der Waals surface area contributed by atoms with Crippen molar-refractivity contribution in [3.8, 4) is 0 Å². The lowest BCUT2D eigenvalue weighted by atomic mass is 9.99. The Hall–Kier alpha value is -1.10. The van der Waals surface area contributed by atoms with Crippen molar-refractivity contribution in [2.75, 3.05) is 11.4 Å². The highest BCUT2D eigenvalue weighted by atomic mass is 16.4. The Morgan fingerprint density at radius 1 is 1.47 bits per heavy atom. The average Bonchev–Trinajstić information content (AvgIpc) is 2.79. The molecule has 0 spiro atoms. The summed E-state index contributed by atoms with van der Waals surface area (Å²) >= 11 is 0. The topological polar surface area (TPSA) is 68.2 Å². The van der Waals surface area contributed by atoms with Gasteiger partial charge in [-0.1, -0.05) is 18.4 Å². The van der Waals surface area contributed by atoms with Crippen LogP contribution in [0.3, 0.4) is 0 Å². The minimum Gasteiger partial charge on any atom is -0.406 e. The number of hydrogen-bond donors (Lipinski definition) is 1. The van der Waals surface area contributed by atoms with E-state index in [1.807, 2.05) is 6.92 Å². The van der Waals surface area contributed by atoms with Crippen molar-refractivity contribution in [3.05, 3.63) is 5.89 Å². The van der Waals surface area contributed by atoms with E-state index in [4.69, 9.17) is 10.2 Å². The summed E-state index contributed by atoms with van der Waals surface area (Å²) in [6.45, 7) is 5.09. The standard InChI is InChI=1S/C12H22N4O/c1-3-6-10-7-4-5-8-16(10)12-15-14-11(17-12)9(2)13/h9-10H,3-8,13H2,1-2H3. The van der Waals surface area contributed by atoms with Crippen molar-refractivity contribution in [1.82, 2.24) is 10.2 Å². The van der Waals surface area contributed by atoms with Gasteiger partial charge >= 0.3 is 6.01 Å². The molecule has 5 nitrogen and oxygen atoms in total. The monoisotopic (exact) mass is 238 g/mol.